The fraction of sp³-hybridized carbons (Fsp3) is 0.571. The Morgan fingerprint density at radius 2 is 1.89 bits per heavy atom. The lowest BCUT2D eigenvalue weighted by Gasteiger charge is -2.33. The molecule has 0 spiro atoms. The number of aliphatic hydroxyl groups excluding tert-OH is 1. The van der Waals surface area contributed by atoms with Crippen LogP contribution < -0.4 is 4.90 Å². The Balaban J connectivity index is 2.27. The fourth-order valence-electron chi connectivity index (χ4n) is 2.49. The summed E-state index contributed by atoms with van der Waals surface area (Å²) >= 11 is 0. The number of anilines is 1. The Morgan fingerprint density at radius 1 is 1.26 bits per heavy atom. The Morgan fingerprint density at radius 3 is 2.47 bits per heavy atom. The Hall–Kier alpha value is -1.07. The molecule has 0 aromatic heterocycles. The summed E-state index contributed by atoms with van der Waals surface area (Å²) in [5.74, 6) is 0.475. The van der Waals surface area contributed by atoms with Gasteiger partial charge in [-0.05, 0) is 30.9 Å². The lowest BCUT2D eigenvalue weighted by atomic mass is 9.97. The van der Waals surface area contributed by atoms with Crippen LogP contribution in [0.2, 0.25) is 0 Å². The largest absolute Gasteiger partial charge is 0.396 e. The van der Waals surface area contributed by atoms with Crippen molar-refractivity contribution in [2.45, 2.75) is 24.7 Å². The van der Waals surface area contributed by atoms with Crippen LogP contribution in [0.25, 0.3) is 0 Å². The second kappa shape index (κ2) is 5.92. The first-order valence-electron chi connectivity index (χ1n) is 6.76. The van der Waals surface area contributed by atoms with E-state index in [1.807, 2.05) is 12.1 Å². The van der Waals surface area contributed by atoms with Gasteiger partial charge in [-0.15, -0.1) is 0 Å². The molecular formula is C14H21NO3S. The summed E-state index contributed by atoms with van der Waals surface area (Å²) in [5.41, 5.74) is 0.806. The van der Waals surface area contributed by atoms with Crippen molar-refractivity contribution in [1.82, 2.24) is 0 Å². The Bertz CT molecular complexity index is 519. The van der Waals surface area contributed by atoms with Crippen LogP contribution in [0.15, 0.2) is 29.2 Å². The van der Waals surface area contributed by atoms with Crippen molar-refractivity contribution in [2.24, 2.45) is 5.92 Å². The second-order valence-corrected chi connectivity index (χ2v) is 7.23. The molecule has 4 nitrogen and oxygen atoms in total. The Kier molecular flexibility index (Phi) is 4.47. The van der Waals surface area contributed by atoms with Gasteiger partial charge < -0.3 is 10.0 Å². The number of benzene rings is 1. The summed E-state index contributed by atoms with van der Waals surface area (Å²) < 4.78 is 24.2. The molecule has 1 aromatic carbocycles. The lowest BCUT2D eigenvalue weighted by molar-refractivity contribution is 0.203. The van der Waals surface area contributed by atoms with Crippen molar-refractivity contribution in [3.63, 3.8) is 0 Å². The van der Waals surface area contributed by atoms with Crippen LogP contribution >= 0.6 is 0 Å². The molecule has 1 N–H and O–H groups in total. The van der Waals surface area contributed by atoms with Crippen molar-refractivity contribution in [3.8, 4) is 0 Å². The molecular weight excluding hydrogens is 262 g/mol. The predicted octanol–water partition coefficient (Wildman–Crippen LogP) is 1.69. The average molecular weight is 283 g/mol. The molecule has 0 aliphatic carbocycles. The third-order valence-electron chi connectivity index (χ3n) is 3.79. The van der Waals surface area contributed by atoms with Gasteiger partial charge in [0.1, 0.15) is 0 Å². The molecule has 0 saturated carbocycles. The molecule has 0 atom stereocenters. The topological polar surface area (TPSA) is 57.6 Å². The van der Waals surface area contributed by atoms with Gasteiger partial charge in [0.25, 0.3) is 0 Å². The van der Waals surface area contributed by atoms with Crippen molar-refractivity contribution in [1.29, 1.82) is 0 Å². The van der Waals surface area contributed by atoms with Gasteiger partial charge in [0.2, 0.25) is 0 Å². The maximum atomic E-state index is 12.1. The molecule has 1 fully saturated rings. The monoisotopic (exact) mass is 283 g/mol. The van der Waals surface area contributed by atoms with Crippen LogP contribution in [0.3, 0.4) is 0 Å². The van der Waals surface area contributed by atoms with Crippen LogP contribution in [0.1, 0.15) is 19.8 Å². The molecule has 0 amide bonds. The normalized spacial score (nSPS) is 17.7. The third kappa shape index (κ3) is 3.09. The van der Waals surface area contributed by atoms with Gasteiger partial charge in [0.05, 0.1) is 16.3 Å². The molecule has 1 aromatic rings. The van der Waals surface area contributed by atoms with E-state index in [2.05, 4.69) is 4.90 Å². The first-order chi connectivity index (χ1) is 9.08. The summed E-state index contributed by atoms with van der Waals surface area (Å²) in [4.78, 5) is 2.55. The molecule has 106 valence electrons. The highest BCUT2D eigenvalue weighted by molar-refractivity contribution is 7.91. The Labute approximate surface area is 115 Å². The quantitative estimate of drug-likeness (QED) is 0.913. The SMILES string of the molecule is CCS(=O)(=O)c1ccccc1N1CCC(CO)CC1. The minimum Gasteiger partial charge on any atom is -0.396 e. The van der Waals surface area contributed by atoms with Crippen LogP contribution in [0, 0.1) is 5.92 Å². The highest BCUT2D eigenvalue weighted by atomic mass is 32.2. The van der Waals surface area contributed by atoms with Crippen LogP contribution in [-0.2, 0) is 9.84 Å². The van der Waals surface area contributed by atoms with E-state index in [9.17, 15) is 8.42 Å². The van der Waals surface area contributed by atoms with Gasteiger partial charge in [-0.25, -0.2) is 8.42 Å². The zero-order chi connectivity index (χ0) is 13.9. The van der Waals surface area contributed by atoms with E-state index in [1.165, 1.54) is 0 Å². The first-order valence-corrected chi connectivity index (χ1v) is 8.41. The van der Waals surface area contributed by atoms with Crippen LogP contribution in [-0.4, -0.2) is 39.0 Å². The van der Waals surface area contributed by atoms with Gasteiger partial charge in [-0.1, -0.05) is 19.1 Å². The summed E-state index contributed by atoms with van der Waals surface area (Å²) in [6.45, 7) is 3.51. The van der Waals surface area contributed by atoms with Crippen LogP contribution in [0.5, 0.6) is 0 Å². The number of hydrogen-bond acceptors (Lipinski definition) is 4. The van der Waals surface area contributed by atoms with E-state index in [0.29, 0.717) is 10.8 Å². The summed E-state index contributed by atoms with van der Waals surface area (Å²) in [6.07, 6.45) is 1.83. The summed E-state index contributed by atoms with van der Waals surface area (Å²) in [7, 11) is -3.19. The molecule has 1 saturated heterocycles. The van der Waals surface area contributed by atoms with Gasteiger partial charge in [-0.3, -0.25) is 0 Å². The highest BCUT2D eigenvalue weighted by Crippen LogP contribution is 2.29. The van der Waals surface area contributed by atoms with Crippen molar-refractivity contribution < 1.29 is 13.5 Å². The minimum atomic E-state index is -3.19. The molecule has 19 heavy (non-hydrogen) atoms. The average Bonchev–Trinajstić information content (AvgIpc) is 2.47. The van der Waals surface area contributed by atoms with Gasteiger partial charge in [0.15, 0.2) is 9.84 Å². The summed E-state index contributed by atoms with van der Waals surface area (Å²) in [6, 6.07) is 7.21. The van der Waals surface area contributed by atoms with E-state index in [1.54, 1.807) is 19.1 Å². The molecule has 1 aliphatic rings. The standard InChI is InChI=1S/C14H21NO3S/c1-2-19(17,18)14-6-4-3-5-13(14)15-9-7-12(11-16)8-10-15/h3-6,12,16H,2,7-11H2,1H3. The molecule has 0 unspecified atom stereocenters. The van der Waals surface area contributed by atoms with Gasteiger partial charge in [-0.2, -0.15) is 0 Å². The minimum absolute atomic E-state index is 0.122. The number of nitrogens with zero attached hydrogens (tertiary/aromatic N) is 1. The smallest absolute Gasteiger partial charge is 0.180 e. The number of aliphatic hydroxyl groups is 1. The van der Waals surface area contributed by atoms with E-state index < -0.39 is 9.84 Å². The van der Waals surface area contributed by atoms with Crippen LogP contribution in [0.4, 0.5) is 5.69 Å². The zero-order valence-corrected chi connectivity index (χ0v) is 12.1. The number of piperidine rings is 1. The zero-order valence-electron chi connectivity index (χ0n) is 11.2. The van der Waals surface area contributed by atoms with E-state index >= 15 is 0 Å². The molecule has 1 aliphatic heterocycles. The van der Waals surface area contributed by atoms with Gasteiger partial charge in [0, 0.05) is 19.7 Å². The van der Waals surface area contributed by atoms with Crippen molar-refractivity contribution in [2.75, 3.05) is 30.3 Å². The molecule has 0 radical (unpaired) electrons. The number of para-hydroxylation sites is 1. The maximum Gasteiger partial charge on any atom is 0.180 e. The molecule has 1 heterocycles. The van der Waals surface area contributed by atoms with E-state index in [-0.39, 0.29) is 12.4 Å². The number of rotatable bonds is 4. The second-order valence-electron chi connectivity index (χ2n) is 4.98. The van der Waals surface area contributed by atoms with E-state index in [4.69, 9.17) is 5.11 Å². The third-order valence-corrected chi connectivity index (χ3v) is 5.57. The summed E-state index contributed by atoms with van der Waals surface area (Å²) in [5, 5.41) is 9.16. The number of hydrogen-bond donors (Lipinski definition) is 1. The predicted molar refractivity (Wildman–Crippen MR) is 76.2 cm³/mol. The van der Waals surface area contributed by atoms with Crippen molar-refractivity contribution >= 4 is 15.5 Å². The first kappa shape index (κ1) is 14.3. The van der Waals surface area contributed by atoms with Gasteiger partial charge >= 0.3 is 0 Å². The fourth-order valence-corrected chi connectivity index (χ4v) is 3.61. The van der Waals surface area contributed by atoms with Crippen molar-refractivity contribution in [3.05, 3.63) is 24.3 Å². The molecule has 2 rings (SSSR count). The van der Waals surface area contributed by atoms with E-state index in [0.717, 1.165) is 31.6 Å². The highest BCUT2D eigenvalue weighted by Gasteiger charge is 2.24. The maximum absolute atomic E-state index is 12.1. The lowest BCUT2D eigenvalue weighted by Crippen LogP contribution is -2.35. The number of sulfone groups is 1. The molecule has 0 bridgehead atoms. The molecule has 5 heteroatoms.